The summed E-state index contributed by atoms with van der Waals surface area (Å²) in [6, 6.07) is 0. The van der Waals surface area contributed by atoms with E-state index in [1.54, 1.807) is 6.92 Å². The second-order valence-electron chi connectivity index (χ2n) is 5.17. The van der Waals surface area contributed by atoms with E-state index in [4.69, 9.17) is 9.57 Å². The highest BCUT2D eigenvalue weighted by Gasteiger charge is 2.29. The summed E-state index contributed by atoms with van der Waals surface area (Å²) in [6.45, 7) is 5.16. The molecule has 1 saturated carbocycles. The Morgan fingerprint density at radius 3 is 2.21 bits per heavy atom. The van der Waals surface area contributed by atoms with Crippen LogP contribution < -0.4 is 0 Å². The van der Waals surface area contributed by atoms with Gasteiger partial charge in [0.25, 0.3) is 0 Å². The van der Waals surface area contributed by atoms with Gasteiger partial charge in [-0.1, -0.05) is 18.0 Å². The first-order valence-electron chi connectivity index (χ1n) is 6.93. The Morgan fingerprint density at radius 2 is 1.74 bits per heavy atom. The number of esters is 1. The van der Waals surface area contributed by atoms with E-state index in [0.29, 0.717) is 0 Å². The zero-order valence-electron chi connectivity index (χ0n) is 12.0. The summed E-state index contributed by atoms with van der Waals surface area (Å²) >= 11 is 0. The number of hydrogen-bond donors (Lipinski definition) is 0. The van der Waals surface area contributed by atoms with Gasteiger partial charge >= 0.3 is 5.97 Å². The lowest BCUT2D eigenvalue weighted by Crippen LogP contribution is -2.30. The van der Waals surface area contributed by atoms with Crippen molar-refractivity contribution in [2.24, 2.45) is 5.16 Å². The number of nitrogens with zero attached hydrogens (tertiary/aromatic N) is 1. The second kappa shape index (κ2) is 7.26. The molecule has 1 aliphatic rings. The second-order valence-corrected chi connectivity index (χ2v) is 5.17. The zero-order chi connectivity index (χ0) is 14.3. The summed E-state index contributed by atoms with van der Waals surface area (Å²) in [6.07, 6.45) is 6.34. The highest BCUT2D eigenvalue weighted by Crippen LogP contribution is 2.30. The van der Waals surface area contributed by atoms with Gasteiger partial charge in [0.15, 0.2) is 5.78 Å². The fraction of sp³-hybridized carbons (Fsp3) is 0.786. The van der Waals surface area contributed by atoms with Crippen LogP contribution in [0.15, 0.2) is 5.16 Å². The monoisotopic (exact) mass is 269 g/mol. The van der Waals surface area contributed by atoms with Gasteiger partial charge in [-0.2, -0.15) is 0 Å². The van der Waals surface area contributed by atoms with Crippen LogP contribution in [-0.4, -0.2) is 29.7 Å². The van der Waals surface area contributed by atoms with Crippen molar-refractivity contribution in [1.82, 2.24) is 0 Å². The van der Waals surface area contributed by atoms with E-state index < -0.39 is 11.8 Å². The molecule has 0 atom stereocenters. The molecule has 19 heavy (non-hydrogen) atoms. The standard InChI is InChI=1S/C14H23NO4/c1-4-18-13(17)12(11(2)16)15-19-14(3)9-7-5-6-8-10-14/h4-10H2,1-3H3/b15-12+. The van der Waals surface area contributed by atoms with Crippen LogP contribution >= 0.6 is 0 Å². The molecule has 0 amide bonds. The Bertz CT molecular complexity index is 354. The third kappa shape index (κ3) is 5.01. The smallest absolute Gasteiger partial charge is 0.364 e. The number of carbonyl (C=O) groups is 2. The summed E-state index contributed by atoms with van der Waals surface area (Å²) in [5.41, 5.74) is -0.642. The molecule has 0 heterocycles. The van der Waals surface area contributed by atoms with Crippen LogP contribution in [0.25, 0.3) is 0 Å². The van der Waals surface area contributed by atoms with Crippen LogP contribution in [0.1, 0.15) is 59.3 Å². The van der Waals surface area contributed by atoms with E-state index >= 15 is 0 Å². The predicted octanol–water partition coefficient (Wildman–Crippen LogP) is 2.62. The van der Waals surface area contributed by atoms with E-state index in [-0.39, 0.29) is 17.9 Å². The van der Waals surface area contributed by atoms with Crippen LogP contribution in [0.5, 0.6) is 0 Å². The van der Waals surface area contributed by atoms with Crippen molar-refractivity contribution >= 4 is 17.5 Å². The van der Waals surface area contributed by atoms with Crippen molar-refractivity contribution < 1.29 is 19.2 Å². The Kier molecular flexibility index (Phi) is 5.99. The maximum atomic E-state index is 11.6. The van der Waals surface area contributed by atoms with E-state index in [2.05, 4.69) is 5.16 Å². The minimum Gasteiger partial charge on any atom is -0.461 e. The van der Waals surface area contributed by atoms with Gasteiger partial charge in [0.1, 0.15) is 5.60 Å². The Labute approximate surface area is 114 Å². The Morgan fingerprint density at radius 1 is 1.16 bits per heavy atom. The molecule has 0 aromatic rings. The summed E-state index contributed by atoms with van der Waals surface area (Å²) in [4.78, 5) is 28.5. The zero-order valence-corrected chi connectivity index (χ0v) is 12.0. The molecule has 1 fully saturated rings. The lowest BCUT2D eigenvalue weighted by atomic mass is 9.97. The number of rotatable bonds is 5. The quantitative estimate of drug-likeness (QED) is 0.253. The van der Waals surface area contributed by atoms with Crippen LogP contribution in [0, 0.1) is 0 Å². The fourth-order valence-electron chi connectivity index (χ4n) is 2.17. The molecule has 0 aromatic carbocycles. The molecule has 0 bridgehead atoms. The Balaban J connectivity index is 2.73. The molecule has 0 saturated heterocycles. The van der Waals surface area contributed by atoms with Crippen LogP contribution in [0.2, 0.25) is 0 Å². The summed E-state index contributed by atoms with van der Waals surface area (Å²) in [7, 11) is 0. The summed E-state index contributed by atoms with van der Waals surface area (Å²) in [5, 5.41) is 3.77. The molecule has 0 aromatic heterocycles. The van der Waals surface area contributed by atoms with E-state index in [9.17, 15) is 9.59 Å². The van der Waals surface area contributed by atoms with Crippen molar-refractivity contribution in [3.63, 3.8) is 0 Å². The maximum Gasteiger partial charge on any atom is 0.364 e. The first kappa shape index (κ1) is 15.7. The minimum atomic E-state index is -0.716. The largest absolute Gasteiger partial charge is 0.461 e. The first-order chi connectivity index (χ1) is 8.98. The molecular weight excluding hydrogens is 246 g/mol. The highest BCUT2D eigenvalue weighted by molar-refractivity contribution is 6.63. The topological polar surface area (TPSA) is 65.0 Å². The SMILES string of the molecule is CCOC(=O)/C(=N/OC1(C)CCCCCC1)C(C)=O. The van der Waals surface area contributed by atoms with Crippen LogP contribution in [0.4, 0.5) is 0 Å². The van der Waals surface area contributed by atoms with Crippen LogP contribution in [-0.2, 0) is 19.2 Å². The molecule has 0 unspecified atom stereocenters. The van der Waals surface area contributed by atoms with Gasteiger partial charge in [-0.05, 0) is 39.5 Å². The number of hydrogen-bond acceptors (Lipinski definition) is 5. The Hall–Kier alpha value is -1.39. The highest BCUT2D eigenvalue weighted by atomic mass is 16.7. The van der Waals surface area contributed by atoms with E-state index in [1.807, 2.05) is 6.92 Å². The molecule has 108 valence electrons. The van der Waals surface area contributed by atoms with Crippen LogP contribution in [0.3, 0.4) is 0 Å². The molecule has 5 heteroatoms. The van der Waals surface area contributed by atoms with Crippen molar-refractivity contribution in [2.75, 3.05) is 6.61 Å². The number of oxime groups is 1. The number of Topliss-reactive ketones (excluding diaryl/α,β-unsaturated/α-hetero) is 1. The van der Waals surface area contributed by atoms with Crippen molar-refractivity contribution in [1.29, 1.82) is 0 Å². The third-order valence-corrected chi connectivity index (χ3v) is 3.32. The fourth-order valence-corrected chi connectivity index (χ4v) is 2.17. The maximum absolute atomic E-state index is 11.6. The van der Waals surface area contributed by atoms with Gasteiger partial charge < -0.3 is 9.57 Å². The molecule has 1 aliphatic carbocycles. The number of ketones is 1. The van der Waals surface area contributed by atoms with Gasteiger partial charge in [0.05, 0.1) is 6.61 Å². The van der Waals surface area contributed by atoms with E-state index in [0.717, 1.165) is 25.7 Å². The minimum absolute atomic E-state index is 0.211. The molecule has 0 spiro atoms. The lowest BCUT2D eigenvalue weighted by molar-refractivity contribution is -0.136. The van der Waals surface area contributed by atoms with Gasteiger partial charge in [-0.25, -0.2) is 4.79 Å². The average molecular weight is 269 g/mol. The van der Waals surface area contributed by atoms with Gasteiger partial charge in [-0.3, -0.25) is 4.79 Å². The summed E-state index contributed by atoms with van der Waals surface area (Å²) in [5.74, 6) is -1.15. The number of ether oxygens (including phenoxy) is 1. The lowest BCUT2D eigenvalue weighted by Gasteiger charge is -2.25. The third-order valence-electron chi connectivity index (χ3n) is 3.32. The molecule has 0 radical (unpaired) electrons. The summed E-state index contributed by atoms with van der Waals surface area (Å²) < 4.78 is 4.79. The van der Waals surface area contributed by atoms with Gasteiger partial charge in [0, 0.05) is 6.92 Å². The van der Waals surface area contributed by atoms with Crippen molar-refractivity contribution in [2.45, 2.75) is 64.9 Å². The molecule has 0 N–H and O–H groups in total. The number of carbonyl (C=O) groups excluding carboxylic acids is 2. The van der Waals surface area contributed by atoms with Gasteiger partial charge in [0.2, 0.25) is 5.71 Å². The van der Waals surface area contributed by atoms with Crippen molar-refractivity contribution in [3.05, 3.63) is 0 Å². The molecular formula is C14H23NO4. The van der Waals surface area contributed by atoms with Gasteiger partial charge in [-0.15, -0.1) is 0 Å². The molecule has 5 nitrogen and oxygen atoms in total. The normalized spacial score (nSPS) is 19.4. The average Bonchev–Trinajstić information content (AvgIpc) is 2.54. The first-order valence-corrected chi connectivity index (χ1v) is 6.93. The molecule has 1 rings (SSSR count). The van der Waals surface area contributed by atoms with Crippen molar-refractivity contribution in [3.8, 4) is 0 Å². The molecule has 0 aliphatic heterocycles. The van der Waals surface area contributed by atoms with E-state index in [1.165, 1.54) is 19.8 Å². The predicted molar refractivity (Wildman–Crippen MR) is 71.9 cm³/mol.